The molecule has 1 aliphatic rings. The molecule has 88 valence electrons. The molecule has 0 aromatic heterocycles. The van der Waals surface area contributed by atoms with Crippen LogP contribution >= 0.6 is 27.5 Å². The molecule has 2 rings (SSSR count). The third-order valence-corrected chi connectivity index (χ3v) is 3.98. The largest absolute Gasteiger partial charge is 0.493 e. The van der Waals surface area contributed by atoms with Gasteiger partial charge in [-0.3, -0.25) is 0 Å². The number of fused-ring (bicyclic) bond motifs is 1. The van der Waals surface area contributed by atoms with E-state index in [9.17, 15) is 0 Å². The Balaban J connectivity index is 2.14. The van der Waals surface area contributed by atoms with Gasteiger partial charge in [0.1, 0.15) is 5.75 Å². The lowest BCUT2D eigenvalue weighted by Gasteiger charge is -2.10. The normalized spacial score (nSPS) is 15.7. The SMILES string of the molecule is CCC(Cl)CCc1cc(Br)cc2c1OCC2. The van der Waals surface area contributed by atoms with E-state index in [0.717, 1.165) is 42.5 Å². The third kappa shape index (κ3) is 2.72. The van der Waals surface area contributed by atoms with E-state index in [1.54, 1.807) is 0 Å². The van der Waals surface area contributed by atoms with E-state index in [4.69, 9.17) is 16.3 Å². The molecule has 0 fully saturated rings. The molecular formula is C13H16BrClO. The van der Waals surface area contributed by atoms with Gasteiger partial charge in [-0.25, -0.2) is 0 Å². The molecule has 0 bridgehead atoms. The topological polar surface area (TPSA) is 9.23 Å². The van der Waals surface area contributed by atoms with Gasteiger partial charge in [-0.2, -0.15) is 0 Å². The monoisotopic (exact) mass is 302 g/mol. The van der Waals surface area contributed by atoms with Crippen molar-refractivity contribution in [2.45, 2.75) is 38.0 Å². The van der Waals surface area contributed by atoms with E-state index in [2.05, 4.69) is 35.0 Å². The van der Waals surface area contributed by atoms with Crippen molar-refractivity contribution < 1.29 is 4.74 Å². The van der Waals surface area contributed by atoms with Crippen LogP contribution in [0, 0.1) is 0 Å². The van der Waals surface area contributed by atoms with Gasteiger partial charge in [-0.05, 0) is 42.5 Å². The highest BCUT2D eigenvalue weighted by molar-refractivity contribution is 9.10. The van der Waals surface area contributed by atoms with Crippen LogP contribution < -0.4 is 4.74 Å². The van der Waals surface area contributed by atoms with Crippen molar-refractivity contribution in [1.29, 1.82) is 0 Å². The van der Waals surface area contributed by atoms with Gasteiger partial charge in [0.15, 0.2) is 0 Å². The number of aryl methyl sites for hydroxylation is 1. The average Bonchev–Trinajstić information content (AvgIpc) is 2.73. The molecule has 0 radical (unpaired) electrons. The molecule has 0 saturated heterocycles. The Labute approximate surface area is 110 Å². The van der Waals surface area contributed by atoms with Gasteiger partial charge >= 0.3 is 0 Å². The van der Waals surface area contributed by atoms with Gasteiger partial charge in [-0.15, -0.1) is 11.6 Å². The molecule has 0 saturated carbocycles. The highest BCUT2D eigenvalue weighted by atomic mass is 79.9. The maximum absolute atomic E-state index is 6.15. The van der Waals surface area contributed by atoms with Crippen molar-refractivity contribution in [1.82, 2.24) is 0 Å². The lowest BCUT2D eigenvalue weighted by Crippen LogP contribution is -2.00. The quantitative estimate of drug-likeness (QED) is 0.752. The van der Waals surface area contributed by atoms with Gasteiger partial charge in [0.05, 0.1) is 6.61 Å². The number of ether oxygens (including phenoxy) is 1. The Hall–Kier alpha value is -0.210. The number of benzene rings is 1. The minimum atomic E-state index is 0.274. The molecule has 0 spiro atoms. The van der Waals surface area contributed by atoms with E-state index in [1.807, 2.05) is 0 Å². The van der Waals surface area contributed by atoms with Crippen LogP contribution in [-0.4, -0.2) is 12.0 Å². The Morgan fingerprint density at radius 3 is 3.06 bits per heavy atom. The van der Waals surface area contributed by atoms with Crippen LogP contribution in [0.3, 0.4) is 0 Å². The van der Waals surface area contributed by atoms with E-state index in [1.165, 1.54) is 11.1 Å². The van der Waals surface area contributed by atoms with E-state index in [-0.39, 0.29) is 5.38 Å². The molecule has 0 amide bonds. The fraction of sp³-hybridized carbons (Fsp3) is 0.538. The summed E-state index contributed by atoms with van der Waals surface area (Å²) in [6.45, 7) is 2.94. The van der Waals surface area contributed by atoms with Crippen molar-refractivity contribution in [3.05, 3.63) is 27.7 Å². The number of alkyl halides is 1. The molecule has 0 aliphatic carbocycles. The van der Waals surface area contributed by atoms with Gasteiger partial charge in [-0.1, -0.05) is 22.9 Å². The van der Waals surface area contributed by atoms with Crippen LogP contribution in [0.5, 0.6) is 5.75 Å². The van der Waals surface area contributed by atoms with Crippen molar-refractivity contribution in [2.24, 2.45) is 0 Å². The standard InChI is InChI=1S/C13H16BrClO/c1-2-12(15)4-3-9-7-11(14)8-10-5-6-16-13(9)10/h7-8,12H,2-6H2,1H3. The summed E-state index contributed by atoms with van der Waals surface area (Å²) in [6.07, 6.45) is 4.08. The summed E-state index contributed by atoms with van der Waals surface area (Å²) in [6, 6.07) is 4.31. The van der Waals surface area contributed by atoms with E-state index in [0.29, 0.717) is 0 Å². The highest BCUT2D eigenvalue weighted by Crippen LogP contribution is 2.34. The predicted octanol–water partition coefficient (Wildman–Crippen LogP) is 4.33. The van der Waals surface area contributed by atoms with Crippen molar-refractivity contribution in [2.75, 3.05) is 6.61 Å². The molecule has 0 N–H and O–H groups in total. The van der Waals surface area contributed by atoms with Crippen LogP contribution in [0.4, 0.5) is 0 Å². The Morgan fingerprint density at radius 2 is 2.31 bits per heavy atom. The Kier molecular flexibility index (Phi) is 4.15. The molecule has 1 aromatic rings. The first-order chi connectivity index (χ1) is 7.70. The number of rotatable bonds is 4. The second-order valence-electron chi connectivity index (χ2n) is 4.20. The van der Waals surface area contributed by atoms with Crippen LogP contribution in [0.2, 0.25) is 0 Å². The highest BCUT2D eigenvalue weighted by Gasteiger charge is 2.17. The summed E-state index contributed by atoms with van der Waals surface area (Å²) in [5, 5.41) is 0.274. The fourth-order valence-electron chi connectivity index (χ4n) is 2.05. The first kappa shape index (κ1) is 12.3. The lowest BCUT2D eigenvalue weighted by molar-refractivity contribution is 0.353. The summed E-state index contributed by atoms with van der Waals surface area (Å²) in [7, 11) is 0. The molecule has 1 aromatic carbocycles. The Bertz CT molecular complexity index is 378. The molecule has 16 heavy (non-hydrogen) atoms. The Morgan fingerprint density at radius 1 is 1.50 bits per heavy atom. The van der Waals surface area contributed by atoms with Crippen LogP contribution in [0.25, 0.3) is 0 Å². The van der Waals surface area contributed by atoms with Gasteiger partial charge < -0.3 is 4.74 Å². The molecule has 3 heteroatoms. The van der Waals surface area contributed by atoms with Gasteiger partial charge in [0.2, 0.25) is 0 Å². The molecule has 1 nitrogen and oxygen atoms in total. The van der Waals surface area contributed by atoms with Crippen molar-refractivity contribution in [3.8, 4) is 5.75 Å². The summed E-state index contributed by atoms with van der Waals surface area (Å²) >= 11 is 9.70. The van der Waals surface area contributed by atoms with E-state index >= 15 is 0 Å². The first-order valence-corrected chi connectivity index (χ1v) is 7.01. The third-order valence-electron chi connectivity index (χ3n) is 3.00. The molecule has 1 unspecified atom stereocenters. The molecule has 1 heterocycles. The molecule has 1 atom stereocenters. The first-order valence-electron chi connectivity index (χ1n) is 5.79. The molecule has 1 aliphatic heterocycles. The second-order valence-corrected chi connectivity index (χ2v) is 5.73. The van der Waals surface area contributed by atoms with E-state index < -0.39 is 0 Å². The van der Waals surface area contributed by atoms with Gasteiger partial charge in [0, 0.05) is 16.3 Å². The van der Waals surface area contributed by atoms with Crippen LogP contribution in [0.15, 0.2) is 16.6 Å². The average molecular weight is 304 g/mol. The van der Waals surface area contributed by atoms with Crippen LogP contribution in [-0.2, 0) is 12.8 Å². The lowest BCUT2D eigenvalue weighted by atomic mass is 10.0. The molecular weight excluding hydrogens is 287 g/mol. The van der Waals surface area contributed by atoms with Gasteiger partial charge in [0.25, 0.3) is 0 Å². The maximum atomic E-state index is 6.15. The summed E-state index contributed by atoms with van der Waals surface area (Å²) in [5.41, 5.74) is 2.62. The summed E-state index contributed by atoms with van der Waals surface area (Å²) < 4.78 is 6.83. The zero-order chi connectivity index (χ0) is 11.5. The number of hydrogen-bond donors (Lipinski definition) is 0. The summed E-state index contributed by atoms with van der Waals surface area (Å²) in [5.74, 6) is 1.10. The zero-order valence-electron chi connectivity index (χ0n) is 9.43. The zero-order valence-corrected chi connectivity index (χ0v) is 11.8. The number of hydrogen-bond acceptors (Lipinski definition) is 1. The smallest absolute Gasteiger partial charge is 0.125 e. The minimum Gasteiger partial charge on any atom is -0.493 e. The fourth-order valence-corrected chi connectivity index (χ4v) is 2.71. The van der Waals surface area contributed by atoms with Crippen molar-refractivity contribution in [3.63, 3.8) is 0 Å². The minimum absolute atomic E-state index is 0.274. The number of halogens is 2. The van der Waals surface area contributed by atoms with Crippen LogP contribution in [0.1, 0.15) is 30.9 Å². The van der Waals surface area contributed by atoms with Crippen molar-refractivity contribution >= 4 is 27.5 Å². The maximum Gasteiger partial charge on any atom is 0.125 e. The predicted molar refractivity (Wildman–Crippen MR) is 71.6 cm³/mol. The second kappa shape index (κ2) is 5.42. The summed E-state index contributed by atoms with van der Waals surface area (Å²) in [4.78, 5) is 0.